The fraction of sp³-hybridized carbons (Fsp3) is 0.240. The van der Waals surface area contributed by atoms with E-state index in [2.05, 4.69) is 54.6 Å². The summed E-state index contributed by atoms with van der Waals surface area (Å²) in [5, 5.41) is 0. The molecule has 1 aliphatic carbocycles. The van der Waals surface area contributed by atoms with Gasteiger partial charge in [-0.05, 0) is 45.4 Å². The number of ether oxygens (including phenoxy) is 1. The highest BCUT2D eigenvalue weighted by Crippen LogP contribution is 2.44. The van der Waals surface area contributed by atoms with Crippen LogP contribution in [0.1, 0.15) is 33.7 Å². The van der Waals surface area contributed by atoms with E-state index in [1.165, 1.54) is 33.4 Å². The Morgan fingerprint density at radius 3 is 2.34 bits per heavy atom. The monoisotopic (exact) mass is 384 g/mol. The standard InChI is InChI=1S/C25H24N2O2/c26-14-18-7-5-6-17-12-13-27(15-23(17)18)25(28)29-16-24-21-10-3-1-8-19(21)20-9-2-4-11-22(20)24/h1-11,24H,12-16,26H2. The maximum atomic E-state index is 12.9. The first-order chi connectivity index (χ1) is 14.3. The van der Waals surface area contributed by atoms with E-state index in [4.69, 9.17) is 10.5 Å². The molecule has 0 aromatic heterocycles. The molecule has 0 spiro atoms. The van der Waals surface area contributed by atoms with Crippen LogP contribution >= 0.6 is 0 Å². The third kappa shape index (κ3) is 3.10. The summed E-state index contributed by atoms with van der Waals surface area (Å²) in [5.41, 5.74) is 14.4. The molecule has 1 heterocycles. The molecule has 1 amide bonds. The van der Waals surface area contributed by atoms with E-state index in [-0.39, 0.29) is 12.0 Å². The van der Waals surface area contributed by atoms with Gasteiger partial charge >= 0.3 is 6.09 Å². The number of fused-ring (bicyclic) bond motifs is 4. The van der Waals surface area contributed by atoms with Crippen molar-refractivity contribution in [1.29, 1.82) is 0 Å². The van der Waals surface area contributed by atoms with E-state index in [0.717, 1.165) is 12.0 Å². The number of benzene rings is 3. The molecule has 1 aliphatic heterocycles. The van der Waals surface area contributed by atoms with Crippen LogP contribution in [-0.4, -0.2) is 24.1 Å². The largest absolute Gasteiger partial charge is 0.448 e. The predicted molar refractivity (Wildman–Crippen MR) is 114 cm³/mol. The third-order valence-electron chi connectivity index (χ3n) is 6.18. The van der Waals surface area contributed by atoms with Crippen LogP contribution in [0.15, 0.2) is 66.7 Å². The Morgan fingerprint density at radius 1 is 0.966 bits per heavy atom. The van der Waals surface area contributed by atoms with Crippen molar-refractivity contribution in [2.75, 3.05) is 13.2 Å². The van der Waals surface area contributed by atoms with Gasteiger partial charge in [0.05, 0.1) is 0 Å². The molecule has 0 radical (unpaired) electrons. The predicted octanol–water partition coefficient (Wildman–Crippen LogP) is 4.45. The molecule has 146 valence electrons. The Labute approximate surface area is 170 Å². The molecule has 5 rings (SSSR count). The molecule has 0 fully saturated rings. The lowest BCUT2D eigenvalue weighted by Crippen LogP contribution is -2.37. The number of carbonyl (C=O) groups is 1. The minimum Gasteiger partial charge on any atom is -0.448 e. The van der Waals surface area contributed by atoms with Gasteiger partial charge in [0, 0.05) is 25.6 Å². The summed E-state index contributed by atoms with van der Waals surface area (Å²) in [7, 11) is 0. The van der Waals surface area contributed by atoms with Crippen LogP contribution in [0.2, 0.25) is 0 Å². The van der Waals surface area contributed by atoms with Gasteiger partial charge in [-0.2, -0.15) is 0 Å². The quantitative estimate of drug-likeness (QED) is 0.726. The first-order valence-electron chi connectivity index (χ1n) is 10.2. The molecular formula is C25H24N2O2. The highest BCUT2D eigenvalue weighted by Gasteiger charge is 2.30. The number of hydrogen-bond donors (Lipinski definition) is 1. The molecule has 0 bridgehead atoms. The van der Waals surface area contributed by atoms with E-state index in [1.807, 2.05) is 12.1 Å². The first kappa shape index (κ1) is 18.0. The van der Waals surface area contributed by atoms with Gasteiger partial charge in [-0.3, -0.25) is 0 Å². The molecule has 0 unspecified atom stereocenters. The normalized spacial score (nSPS) is 14.9. The second kappa shape index (κ2) is 7.37. The summed E-state index contributed by atoms with van der Waals surface area (Å²) in [6.07, 6.45) is 0.595. The van der Waals surface area contributed by atoms with Gasteiger partial charge in [-0.25, -0.2) is 4.79 Å². The molecular weight excluding hydrogens is 360 g/mol. The van der Waals surface area contributed by atoms with Gasteiger partial charge in [0.25, 0.3) is 0 Å². The van der Waals surface area contributed by atoms with Crippen molar-refractivity contribution >= 4 is 6.09 Å². The zero-order chi connectivity index (χ0) is 19.8. The van der Waals surface area contributed by atoms with Crippen LogP contribution in [0.5, 0.6) is 0 Å². The smallest absolute Gasteiger partial charge is 0.410 e. The van der Waals surface area contributed by atoms with E-state index < -0.39 is 0 Å². The number of nitrogens with zero attached hydrogens (tertiary/aromatic N) is 1. The second-order valence-electron chi connectivity index (χ2n) is 7.73. The summed E-state index contributed by atoms with van der Waals surface area (Å²) in [6.45, 7) is 2.09. The van der Waals surface area contributed by atoms with E-state index in [1.54, 1.807) is 4.90 Å². The fourth-order valence-corrected chi connectivity index (χ4v) is 4.68. The lowest BCUT2D eigenvalue weighted by Gasteiger charge is -2.30. The number of amides is 1. The molecule has 2 aliphatic rings. The summed E-state index contributed by atoms with van der Waals surface area (Å²) < 4.78 is 5.82. The van der Waals surface area contributed by atoms with Gasteiger partial charge < -0.3 is 15.4 Å². The first-order valence-corrected chi connectivity index (χ1v) is 10.2. The van der Waals surface area contributed by atoms with Crippen molar-refractivity contribution in [2.24, 2.45) is 5.73 Å². The fourth-order valence-electron chi connectivity index (χ4n) is 4.68. The Morgan fingerprint density at radius 2 is 1.66 bits per heavy atom. The van der Waals surface area contributed by atoms with Crippen LogP contribution in [0.25, 0.3) is 11.1 Å². The van der Waals surface area contributed by atoms with Crippen molar-refractivity contribution in [1.82, 2.24) is 4.90 Å². The van der Waals surface area contributed by atoms with Crippen molar-refractivity contribution in [3.8, 4) is 11.1 Å². The third-order valence-corrected chi connectivity index (χ3v) is 6.18. The molecule has 0 saturated heterocycles. The number of nitrogens with two attached hydrogens (primary N) is 1. The number of hydrogen-bond acceptors (Lipinski definition) is 3. The highest BCUT2D eigenvalue weighted by atomic mass is 16.6. The van der Waals surface area contributed by atoms with Crippen LogP contribution in [0.4, 0.5) is 4.79 Å². The number of carbonyl (C=O) groups excluding carboxylic acids is 1. The molecule has 0 saturated carbocycles. The van der Waals surface area contributed by atoms with Crippen LogP contribution in [0, 0.1) is 0 Å². The van der Waals surface area contributed by atoms with Crippen molar-refractivity contribution in [3.05, 3.63) is 94.5 Å². The van der Waals surface area contributed by atoms with Gasteiger partial charge in [-0.15, -0.1) is 0 Å². The lowest BCUT2D eigenvalue weighted by atomic mass is 9.95. The summed E-state index contributed by atoms with van der Waals surface area (Å²) >= 11 is 0. The van der Waals surface area contributed by atoms with Gasteiger partial charge in [0.2, 0.25) is 0 Å². The number of rotatable bonds is 3. The summed E-state index contributed by atoms with van der Waals surface area (Å²) in [4.78, 5) is 14.7. The Balaban J connectivity index is 1.33. The molecule has 2 N–H and O–H groups in total. The Kier molecular flexibility index (Phi) is 4.57. The molecule has 29 heavy (non-hydrogen) atoms. The maximum absolute atomic E-state index is 12.9. The zero-order valence-electron chi connectivity index (χ0n) is 16.3. The molecule has 4 heteroatoms. The lowest BCUT2D eigenvalue weighted by molar-refractivity contribution is 0.0952. The summed E-state index contributed by atoms with van der Waals surface area (Å²) in [6, 6.07) is 23.0. The Bertz CT molecular complexity index is 1020. The van der Waals surface area contributed by atoms with E-state index >= 15 is 0 Å². The SMILES string of the molecule is NCc1cccc2c1CN(C(=O)OCC1c3ccccc3-c3ccccc31)CC2. The minimum absolute atomic E-state index is 0.0861. The minimum atomic E-state index is -0.246. The Hall–Kier alpha value is -3.11. The average Bonchev–Trinajstić information content (AvgIpc) is 3.10. The van der Waals surface area contributed by atoms with Gasteiger partial charge in [-0.1, -0.05) is 66.7 Å². The summed E-state index contributed by atoms with van der Waals surface area (Å²) in [5.74, 6) is 0.0861. The average molecular weight is 384 g/mol. The van der Waals surface area contributed by atoms with Crippen molar-refractivity contribution < 1.29 is 9.53 Å². The maximum Gasteiger partial charge on any atom is 0.410 e. The van der Waals surface area contributed by atoms with Crippen molar-refractivity contribution in [2.45, 2.75) is 25.4 Å². The zero-order valence-corrected chi connectivity index (χ0v) is 16.3. The van der Waals surface area contributed by atoms with Gasteiger partial charge in [0.15, 0.2) is 0 Å². The van der Waals surface area contributed by atoms with E-state index in [9.17, 15) is 4.79 Å². The van der Waals surface area contributed by atoms with E-state index in [0.29, 0.717) is 26.2 Å². The van der Waals surface area contributed by atoms with Crippen LogP contribution < -0.4 is 5.73 Å². The second-order valence-corrected chi connectivity index (χ2v) is 7.73. The van der Waals surface area contributed by atoms with Crippen LogP contribution in [-0.2, 0) is 24.2 Å². The molecule has 3 aromatic rings. The molecule has 0 atom stereocenters. The highest BCUT2D eigenvalue weighted by molar-refractivity contribution is 5.79. The van der Waals surface area contributed by atoms with Gasteiger partial charge in [0.1, 0.15) is 6.61 Å². The topological polar surface area (TPSA) is 55.6 Å². The molecule has 4 nitrogen and oxygen atoms in total. The van der Waals surface area contributed by atoms with Crippen molar-refractivity contribution in [3.63, 3.8) is 0 Å². The molecule has 3 aromatic carbocycles. The van der Waals surface area contributed by atoms with Crippen LogP contribution in [0.3, 0.4) is 0 Å².